The summed E-state index contributed by atoms with van der Waals surface area (Å²) in [5.74, 6) is -0.235. The number of pyridine rings is 1. The van der Waals surface area contributed by atoms with Crippen molar-refractivity contribution in [1.29, 1.82) is 0 Å². The maximum atomic E-state index is 12.9. The second-order valence-electron chi connectivity index (χ2n) is 5.10. The van der Waals surface area contributed by atoms with Gasteiger partial charge >= 0.3 is 12.1 Å². The van der Waals surface area contributed by atoms with Crippen LogP contribution >= 0.6 is 11.6 Å². The Morgan fingerprint density at radius 1 is 1.28 bits per heavy atom. The Morgan fingerprint density at radius 3 is 2.64 bits per heavy atom. The SMILES string of the molecule is CCOC(=O)C(C)Oc1cccc(-c2cc(C(F)(F)F)cc(Cl)n2)c1. The average molecular weight is 374 g/mol. The van der Waals surface area contributed by atoms with Gasteiger partial charge in [-0.25, -0.2) is 9.78 Å². The van der Waals surface area contributed by atoms with Gasteiger partial charge in [0.1, 0.15) is 10.9 Å². The molecule has 1 atom stereocenters. The second-order valence-corrected chi connectivity index (χ2v) is 5.49. The van der Waals surface area contributed by atoms with Gasteiger partial charge in [-0.15, -0.1) is 0 Å². The molecule has 0 saturated carbocycles. The third-order valence-electron chi connectivity index (χ3n) is 3.18. The largest absolute Gasteiger partial charge is 0.479 e. The molecule has 0 radical (unpaired) electrons. The molecule has 1 aromatic carbocycles. The molecule has 0 spiro atoms. The molecular weight excluding hydrogens is 359 g/mol. The van der Waals surface area contributed by atoms with Crippen molar-refractivity contribution in [1.82, 2.24) is 4.98 Å². The van der Waals surface area contributed by atoms with Crippen molar-refractivity contribution in [2.24, 2.45) is 0 Å². The van der Waals surface area contributed by atoms with E-state index in [0.29, 0.717) is 11.3 Å². The summed E-state index contributed by atoms with van der Waals surface area (Å²) in [4.78, 5) is 15.5. The number of carbonyl (C=O) groups is 1. The van der Waals surface area contributed by atoms with E-state index in [1.807, 2.05) is 0 Å². The molecule has 2 rings (SSSR count). The zero-order valence-corrected chi connectivity index (χ0v) is 14.2. The number of nitrogens with zero attached hydrogens (tertiary/aromatic N) is 1. The van der Waals surface area contributed by atoms with Crippen LogP contribution in [0.15, 0.2) is 36.4 Å². The smallest absolute Gasteiger partial charge is 0.416 e. The van der Waals surface area contributed by atoms with Crippen LogP contribution in [0.3, 0.4) is 0 Å². The predicted octanol–water partition coefficient (Wildman–Crippen LogP) is 4.75. The third-order valence-corrected chi connectivity index (χ3v) is 3.38. The molecule has 25 heavy (non-hydrogen) atoms. The molecule has 0 aliphatic rings. The molecule has 1 aromatic heterocycles. The van der Waals surface area contributed by atoms with Gasteiger partial charge in [0.15, 0.2) is 6.10 Å². The van der Waals surface area contributed by atoms with Crippen molar-refractivity contribution in [3.8, 4) is 17.0 Å². The van der Waals surface area contributed by atoms with Gasteiger partial charge in [-0.05, 0) is 38.1 Å². The third kappa shape index (κ3) is 5.09. The Kier molecular flexibility index (Phi) is 5.89. The highest BCUT2D eigenvalue weighted by atomic mass is 35.5. The Labute approximate surface area is 147 Å². The first-order chi connectivity index (χ1) is 11.7. The van der Waals surface area contributed by atoms with Gasteiger partial charge in [0.25, 0.3) is 0 Å². The molecular formula is C17H15ClF3NO3. The summed E-state index contributed by atoms with van der Waals surface area (Å²) < 4.78 is 49.0. The summed E-state index contributed by atoms with van der Waals surface area (Å²) in [6, 6.07) is 7.87. The summed E-state index contributed by atoms with van der Waals surface area (Å²) in [5, 5.41) is -0.268. The summed E-state index contributed by atoms with van der Waals surface area (Å²) in [6.45, 7) is 3.41. The lowest BCUT2D eigenvalue weighted by Crippen LogP contribution is -2.26. The van der Waals surface area contributed by atoms with Gasteiger partial charge in [0.05, 0.1) is 17.9 Å². The number of hydrogen-bond donors (Lipinski definition) is 0. The molecule has 134 valence electrons. The predicted molar refractivity (Wildman–Crippen MR) is 86.4 cm³/mol. The number of rotatable bonds is 5. The van der Waals surface area contributed by atoms with Crippen LogP contribution in [0.2, 0.25) is 5.15 Å². The van der Waals surface area contributed by atoms with Gasteiger partial charge < -0.3 is 9.47 Å². The first kappa shape index (κ1) is 19.1. The molecule has 0 saturated heterocycles. The van der Waals surface area contributed by atoms with E-state index in [-0.39, 0.29) is 17.5 Å². The Hall–Kier alpha value is -2.28. The maximum absolute atomic E-state index is 12.9. The molecule has 0 amide bonds. The normalized spacial score (nSPS) is 12.6. The molecule has 0 aliphatic carbocycles. The fourth-order valence-electron chi connectivity index (χ4n) is 2.05. The summed E-state index contributed by atoms with van der Waals surface area (Å²) >= 11 is 5.70. The highest BCUT2D eigenvalue weighted by molar-refractivity contribution is 6.29. The van der Waals surface area contributed by atoms with Crippen LogP contribution in [0.4, 0.5) is 13.2 Å². The van der Waals surface area contributed by atoms with Crippen LogP contribution in [0.1, 0.15) is 19.4 Å². The first-order valence-electron chi connectivity index (χ1n) is 7.39. The van der Waals surface area contributed by atoms with Gasteiger partial charge in [0.2, 0.25) is 0 Å². The number of esters is 1. The van der Waals surface area contributed by atoms with E-state index < -0.39 is 23.8 Å². The Bertz CT molecular complexity index is 765. The molecule has 4 nitrogen and oxygen atoms in total. The first-order valence-corrected chi connectivity index (χ1v) is 7.77. The van der Waals surface area contributed by atoms with E-state index >= 15 is 0 Å². The fourth-order valence-corrected chi connectivity index (χ4v) is 2.26. The number of aromatic nitrogens is 1. The molecule has 2 aromatic rings. The van der Waals surface area contributed by atoms with Crippen LogP contribution in [0.25, 0.3) is 11.3 Å². The van der Waals surface area contributed by atoms with Crippen LogP contribution in [0, 0.1) is 0 Å². The number of ether oxygens (including phenoxy) is 2. The van der Waals surface area contributed by atoms with E-state index in [1.165, 1.54) is 13.0 Å². The highest BCUT2D eigenvalue weighted by Crippen LogP contribution is 2.34. The van der Waals surface area contributed by atoms with Crippen LogP contribution in [0.5, 0.6) is 5.75 Å². The van der Waals surface area contributed by atoms with E-state index in [1.54, 1.807) is 25.1 Å². The van der Waals surface area contributed by atoms with Gasteiger partial charge in [0, 0.05) is 5.56 Å². The van der Waals surface area contributed by atoms with E-state index in [9.17, 15) is 18.0 Å². The van der Waals surface area contributed by atoms with Crippen molar-refractivity contribution < 1.29 is 27.4 Å². The van der Waals surface area contributed by atoms with Crippen molar-refractivity contribution in [3.05, 3.63) is 47.1 Å². The minimum atomic E-state index is -4.53. The van der Waals surface area contributed by atoms with Crippen LogP contribution in [-0.4, -0.2) is 23.7 Å². The van der Waals surface area contributed by atoms with Crippen molar-refractivity contribution in [3.63, 3.8) is 0 Å². The fraction of sp³-hybridized carbons (Fsp3) is 0.294. The lowest BCUT2D eigenvalue weighted by molar-refractivity contribution is -0.150. The molecule has 0 N–H and O–H groups in total. The minimum Gasteiger partial charge on any atom is -0.479 e. The molecule has 8 heteroatoms. The van der Waals surface area contributed by atoms with Crippen molar-refractivity contribution in [2.45, 2.75) is 26.1 Å². The van der Waals surface area contributed by atoms with Gasteiger partial charge in [-0.1, -0.05) is 23.7 Å². The molecule has 1 heterocycles. The van der Waals surface area contributed by atoms with E-state index in [4.69, 9.17) is 21.1 Å². The number of carbonyl (C=O) groups excluding carboxylic acids is 1. The Balaban J connectivity index is 2.30. The molecule has 0 bridgehead atoms. The lowest BCUT2D eigenvalue weighted by atomic mass is 10.1. The number of benzene rings is 1. The highest BCUT2D eigenvalue weighted by Gasteiger charge is 2.31. The summed E-state index contributed by atoms with van der Waals surface area (Å²) in [7, 11) is 0. The monoisotopic (exact) mass is 373 g/mol. The zero-order chi connectivity index (χ0) is 18.6. The minimum absolute atomic E-state index is 0.0501. The van der Waals surface area contributed by atoms with E-state index in [2.05, 4.69) is 4.98 Å². The number of halogens is 4. The van der Waals surface area contributed by atoms with Gasteiger partial charge in [-0.2, -0.15) is 13.2 Å². The lowest BCUT2D eigenvalue weighted by Gasteiger charge is -2.14. The second kappa shape index (κ2) is 7.74. The molecule has 0 aliphatic heterocycles. The van der Waals surface area contributed by atoms with Crippen molar-refractivity contribution in [2.75, 3.05) is 6.61 Å². The van der Waals surface area contributed by atoms with E-state index in [0.717, 1.165) is 12.1 Å². The molecule has 0 fully saturated rings. The summed E-state index contributed by atoms with van der Waals surface area (Å²) in [6.07, 6.45) is -5.39. The molecule has 1 unspecified atom stereocenters. The Morgan fingerprint density at radius 2 is 2.00 bits per heavy atom. The van der Waals surface area contributed by atoms with Crippen LogP contribution in [-0.2, 0) is 15.7 Å². The average Bonchev–Trinajstić information content (AvgIpc) is 2.54. The zero-order valence-electron chi connectivity index (χ0n) is 13.4. The standard InChI is InChI=1S/C17H15ClF3NO3/c1-3-24-16(23)10(2)25-13-6-4-5-11(7-13)14-8-12(17(19,20)21)9-15(18)22-14/h4-10H,3H2,1-2H3. The summed E-state index contributed by atoms with van der Waals surface area (Å²) in [5.41, 5.74) is -0.468. The number of hydrogen-bond acceptors (Lipinski definition) is 4. The quantitative estimate of drug-likeness (QED) is 0.560. The topological polar surface area (TPSA) is 48.4 Å². The maximum Gasteiger partial charge on any atom is 0.416 e. The van der Waals surface area contributed by atoms with Crippen LogP contribution < -0.4 is 4.74 Å². The van der Waals surface area contributed by atoms with Crippen molar-refractivity contribution >= 4 is 17.6 Å². The van der Waals surface area contributed by atoms with Gasteiger partial charge in [-0.3, -0.25) is 0 Å². The number of alkyl halides is 3.